The van der Waals surface area contributed by atoms with Gasteiger partial charge in [-0.2, -0.15) is 0 Å². The first kappa shape index (κ1) is 12.5. The van der Waals surface area contributed by atoms with E-state index in [2.05, 4.69) is 29.1 Å². The van der Waals surface area contributed by atoms with E-state index in [1.54, 1.807) is 6.20 Å². The molecule has 0 saturated carbocycles. The Bertz CT molecular complexity index is 319. The van der Waals surface area contributed by atoms with Crippen LogP contribution in [0.4, 0.5) is 0 Å². The molecule has 0 aromatic carbocycles. The molecule has 1 heterocycles. The van der Waals surface area contributed by atoms with Gasteiger partial charge in [0.25, 0.3) is 0 Å². The van der Waals surface area contributed by atoms with Crippen LogP contribution in [0.5, 0.6) is 0 Å². The lowest BCUT2D eigenvalue weighted by molar-refractivity contribution is 0.661. The third-order valence-electron chi connectivity index (χ3n) is 2.04. The standard InChI is InChI=1S/C12H20N4/c1-10(2)9-16-12(13)15-8-6-11-5-3-4-7-14-11/h3-5,7,10H,6,8-9H2,1-2H3,(H3,13,15,16). The highest BCUT2D eigenvalue weighted by Gasteiger charge is 1.95. The van der Waals surface area contributed by atoms with Crippen LogP contribution in [0.2, 0.25) is 0 Å². The summed E-state index contributed by atoms with van der Waals surface area (Å²) < 4.78 is 0. The molecule has 0 saturated heterocycles. The van der Waals surface area contributed by atoms with Gasteiger partial charge in [-0.05, 0) is 18.1 Å². The molecule has 0 bridgehead atoms. The third kappa shape index (κ3) is 5.34. The first-order chi connectivity index (χ1) is 7.68. The van der Waals surface area contributed by atoms with Gasteiger partial charge in [0.05, 0.1) is 0 Å². The number of rotatable bonds is 5. The molecule has 3 N–H and O–H groups in total. The zero-order valence-electron chi connectivity index (χ0n) is 9.98. The summed E-state index contributed by atoms with van der Waals surface area (Å²) in [5.74, 6) is 1.06. The van der Waals surface area contributed by atoms with Crippen molar-refractivity contribution in [1.29, 1.82) is 0 Å². The van der Waals surface area contributed by atoms with Crippen molar-refractivity contribution < 1.29 is 0 Å². The third-order valence-corrected chi connectivity index (χ3v) is 2.04. The van der Waals surface area contributed by atoms with Crippen LogP contribution in [0.1, 0.15) is 19.5 Å². The van der Waals surface area contributed by atoms with E-state index < -0.39 is 0 Å². The van der Waals surface area contributed by atoms with Crippen molar-refractivity contribution in [3.05, 3.63) is 30.1 Å². The molecule has 0 amide bonds. The molecule has 0 aliphatic carbocycles. The van der Waals surface area contributed by atoms with Crippen LogP contribution in [0.15, 0.2) is 29.4 Å². The number of aromatic nitrogens is 1. The van der Waals surface area contributed by atoms with Crippen LogP contribution >= 0.6 is 0 Å². The Hall–Kier alpha value is -1.58. The molecule has 1 aromatic rings. The Morgan fingerprint density at radius 1 is 1.50 bits per heavy atom. The molecule has 88 valence electrons. The second-order valence-electron chi connectivity index (χ2n) is 4.12. The number of pyridine rings is 1. The molecule has 0 unspecified atom stereocenters. The zero-order chi connectivity index (χ0) is 11.8. The molecule has 1 rings (SSSR count). The number of aliphatic imine (C=N–C) groups is 1. The summed E-state index contributed by atoms with van der Waals surface area (Å²) in [6.45, 7) is 5.77. The minimum Gasteiger partial charge on any atom is -0.370 e. The van der Waals surface area contributed by atoms with Crippen LogP contribution in [-0.2, 0) is 6.42 Å². The molecular formula is C12H20N4. The fourth-order valence-electron chi connectivity index (χ4n) is 1.20. The summed E-state index contributed by atoms with van der Waals surface area (Å²) in [4.78, 5) is 8.45. The first-order valence-corrected chi connectivity index (χ1v) is 5.62. The largest absolute Gasteiger partial charge is 0.370 e. The van der Waals surface area contributed by atoms with Crippen molar-refractivity contribution in [3.63, 3.8) is 0 Å². The van der Waals surface area contributed by atoms with Crippen LogP contribution in [0.25, 0.3) is 0 Å². The Morgan fingerprint density at radius 3 is 2.94 bits per heavy atom. The molecule has 0 spiro atoms. The Labute approximate surface area is 97.0 Å². The molecule has 4 heteroatoms. The predicted octanol–water partition coefficient (Wildman–Crippen LogP) is 1.18. The molecule has 1 aromatic heterocycles. The van der Waals surface area contributed by atoms with Crippen LogP contribution in [0, 0.1) is 5.92 Å². The van der Waals surface area contributed by atoms with Crippen molar-refractivity contribution in [2.45, 2.75) is 20.3 Å². The second kappa shape index (κ2) is 6.82. The van der Waals surface area contributed by atoms with Gasteiger partial charge in [0, 0.05) is 31.4 Å². The first-order valence-electron chi connectivity index (χ1n) is 5.62. The van der Waals surface area contributed by atoms with Gasteiger partial charge in [0.2, 0.25) is 0 Å². The smallest absolute Gasteiger partial charge is 0.188 e. The van der Waals surface area contributed by atoms with E-state index in [0.717, 1.165) is 25.2 Å². The number of nitrogens with one attached hydrogen (secondary N) is 1. The summed E-state index contributed by atoms with van der Waals surface area (Å²) in [6.07, 6.45) is 2.66. The highest BCUT2D eigenvalue weighted by molar-refractivity contribution is 5.77. The van der Waals surface area contributed by atoms with E-state index in [9.17, 15) is 0 Å². The van der Waals surface area contributed by atoms with Crippen molar-refractivity contribution in [2.24, 2.45) is 16.6 Å². The van der Waals surface area contributed by atoms with Crippen LogP contribution < -0.4 is 11.1 Å². The fraction of sp³-hybridized carbons (Fsp3) is 0.500. The lowest BCUT2D eigenvalue weighted by Crippen LogP contribution is -2.33. The van der Waals surface area contributed by atoms with Crippen molar-refractivity contribution in [3.8, 4) is 0 Å². The summed E-state index contributed by atoms with van der Waals surface area (Å²) in [7, 11) is 0. The number of hydrogen-bond acceptors (Lipinski definition) is 2. The fourth-order valence-corrected chi connectivity index (χ4v) is 1.20. The SMILES string of the molecule is CC(C)CN=C(N)NCCc1ccccn1. The van der Waals surface area contributed by atoms with Gasteiger partial charge >= 0.3 is 0 Å². The number of nitrogens with two attached hydrogens (primary N) is 1. The lowest BCUT2D eigenvalue weighted by Gasteiger charge is -2.06. The molecule has 16 heavy (non-hydrogen) atoms. The predicted molar refractivity (Wildman–Crippen MR) is 67.3 cm³/mol. The summed E-state index contributed by atoms with van der Waals surface area (Å²) in [6, 6.07) is 5.90. The summed E-state index contributed by atoms with van der Waals surface area (Å²) in [5, 5.41) is 3.07. The van der Waals surface area contributed by atoms with Gasteiger partial charge in [0.15, 0.2) is 5.96 Å². The van der Waals surface area contributed by atoms with E-state index in [1.807, 2.05) is 18.2 Å². The molecule has 0 aliphatic rings. The minimum absolute atomic E-state index is 0.518. The highest BCUT2D eigenvalue weighted by Crippen LogP contribution is 1.93. The number of guanidine groups is 1. The van der Waals surface area contributed by atoms with E-state index >= 15 is 0 Å². The topological polar surface area (TPSA) is 63.3 Å². The van der Waals surface area contributed by atoms with Gasteiger partial charge < -0.3 is 11.1 Å². The summed E-state index contributed by atoms with van der Waals surface area (Å²) >= 11 is 0. The Balaban J connectivity index is 2.23. The Morgan fingerprint density at radius 2 is 2.31 bits per heavy atom. The molecule has 0 fully saturated rings. The van der Waals surface area contributed by atoms with E-state index in [1.165, 1.54) is 0 Å². The lowest BCUT2D eigenvalue weighted by atomic mass is 10.2. The van der Waals surface area contributed by atoms with Crippen molar-refractivity contribution in [1.82, 2.24) is 10.3 Å². The number of nitrogens with zero attached hydrogens (tertiary/aromatic N) is 2. The molecule has 0 aliphatic heterocycles. The summed E-state index contributed by atoms with van der Waals surface area (Å²) in [5.41, 5.74) is 6.77. The Kier molecular flexibility index (Phi) is 5.32. The van der Waals surface area contributed by atoms with Crippen LogP contribution in [-0.4, -0.2) is 24.0 Å². The van der Waals surface area contributed by atoms with Crippen molar-refractivity contribution in [2.75, 3.05) is 13.1 Å². The normalized spacial score (nSPS) is 11.8. The second-order valence-corrected chi connectivity index (χ2v) is 4.12. The van der Waals surface area contributed by atoms with Gasteiger partial charge in [-0.1, -0.05) is 19.9 Å². The zero-order valence-corrected chi connectivity index (χ0v) is 9.98. The van der Waals surface area contributed by atoms with Gasteiger partial charge in [-0.25, -0.2) is 0 Å². The average molecular weight is 220 g/mol. The van der Waals surface area contributed by atoms with Gasteiger partial charge in [-0.15, -0.1) is 0 Å². The molecule has 0 radical (unpaired) electrons. The van der Waals surface area contributed by atoms with Crippen LogP contribution in [0.3, 0.4) is 0 Å². The maximum Gasteiger partial charge on any atom is 0.188 e. The van der Waals surface area contributed by atoms with Gasteiger partial charge in [-0.3, -0.25) is 9.98 Å². The molecule has 4 nitrogen and oxygen atoms in total. The average Bonchev–Trinajstić information content (AvgIpc) is 2.28. The molecular weight excluding hydrogens is 200 g/mol. The van der Waals surface area contributed by atoms with Crippen molar-refractivity contribution >= 4 is 5.96 Å². The monoisotopic (exact) mass is 220 g/mol. The quantitative estimate of drug-likeness (QED) is 0.578. The van der Waals surface area contributed by atoms with E-state index in [4.69, 9.17) is 5.73 Å². The van der Waals surface area contributed by atoms with E-state index in [0.29, 0.717) is 11.9 Å². The maximum atomic E-state index is 5.70. The minimum atomic E-state index is 0.518. The molecule has 0 atom stereocenters. The highest BCUT2D eigenvalue weighted by atomic mass is 15.1. The maximum absolute atomic E-state index is 5.70. The number of hydrogen-bond donors (Lipinski definition) is 2. The van der Waals surface area contributed by atoms with Gasteiger partial charge in [0.1, 0.15) is 0 Å². The van der Waals surface area contributed by atoms with E-state index in [-0.39, 0.29) is 0 Å².